The summed E-state index contributed by atoms with van der Waals surface area (Å²) in [6.07, 6.45) is 11.5. The van der Waals surface area contributed by atoms with Crippen LogP contribution < -0.4 is 5.32 Å². The largest absolute Gasteiger partial charge is 0.313 e. The molecule has 2 saturated heterocycles. The molecule has 116 valence electrons. The fourth-order valence-electron chi connectivity index (χ4n) is 4.72. The van der Waals surface area contributed by atoms with Crippen molar-refractivity contribution >= 4 is 0 Å². The molecule has 3 nitrogen and oxygen atoms in total. The first-order valence-electron chi connectivity index (χ1n) is 9.10. The van der Waals surface area contributed by atoms with Gasteiger partial charge in [-0.25, -0.2) is 0 Å². The smallest absolute Gasteiger partial charge is 0.0250 e. The van der Waals surface area contributed by atoms with Crippen molar-refractivity contribution in [3.63, 3.8) is 0 Å². The zero-order valence-corrected chi connectivity index (χ0v) is 13.3. The molecule has 0 spiro atoms. The van der Waals surface area contributed by atoms with Crippen molar-refractivity contribution in [3.05, 3.63) is 0 Å². The molecule has 2 heterocycles. The lowest BCUT2D eigenvalue weighted by Crippen LogP contribution is -2.58. The highest BCUT2D eigenvalue weighted by Crippen LogP contribution is 2.27. The van der Waals surface area contributed by atoms with Gasteiger partial charge >= 0.3 is 0 Å². The van der Waals surface area contributed by atoms with Crippen molar-refractivity contribution in [3.8, 4) is 0 Å². The van der Waals surface area contributed by atoms with Gasteiger partial charge in [0.25, 0.3) is 0 Å². The summed E-state index contributed by atoms with van der Waals surface area (Å²) in [5, 5.41) is 3.80. The van der Waals surface area contributed by atoms with Crippen LogP contribution >= 0.6 is 0 Å². The quantitative estimate of drug-likeness (QED) is 0.856. The Morgan fingerprint density at radius 3 is 2.50 bits per heavy atom. The Kier molecular flexibility index (Phi) is 5.36. The zero-order valence-electron chi connectivity index (χ0n) is 13.3. The summed E-state index contributed by atoms with van der Waals surface area (Å²) < 4.78 is 0. The Bertz CT molecular complexity index is 294. The molecule has 3 aliphatic rings. The Balaban J connectivity index is 1.64. The molecule has 1 saturated carbocycles. The van der Waals surface area contributed by atoms with Gasteiger partial charge in [0.2, 0.25) is 0 Å². The normalized spacial score (nSPS) is 37.4. The van der Waals surface area contributed by atoms with Crippen LogP contribution in [0.1, 0.15) is 58.3 Å². The van der Waals surface area contributed by atoms with Crippen LogP contribution in [0.15, 0.2) is 0 Å². The molecule has 0 radical (unpaired) electrons. The van der Waals surface area contributed by atoms with Gasteiger partial charge in [0.05, 0.1) is 0 Å². The van der Waals surface area contributed by atoms with Crippen molar-refractivity contribution in [2.75, 3.05) is 32.7 Å². The Morgan fingerprint density at radius 1 is 0.850 bits per heavy atom. The van der Waals surface area contributed by atoms with Gasteiger partial charge in [0.15, 0.2) is 0 Å². The number of rotatable bonds is 3. The number of nitrogens with one attached hydrogen (secondary N) is 1. The molecule has 0 aromatic carbocycles. The number of piperazine rings is 1. The van der Waals surface area contributed by atoms with E-state index in [1.54, 1.807) is 0 Å². The van der Waals surface area contributed by atoms with E-state index in [-0.39, 0.29) is 0 Å². The maximum atomic E-state index is 3.80. The number of likely N-dealkylation sites (N-methyl/N-ethyl adjacent to an activating group) is 1. The van der Waals surface area contributed by atoms with Crippen LogP contribution in [-0.4, -0.2) is 60.6 Å². The van der Waals surface area contributed by atoms with E-state index in [9.17, 15) is 0 Å². The summed E-state index contributed by atoms with van der Waals surface area (Å²) in [7, 11) is 0. The maximum absolute atomic E-state index is 3.80. The summed E-state index contributed by atoms with van der Waals surface area (Å²) in [5.41, 5.74) is 0. The molecule has 3 rings (SSSR count). The fourth-order valence-corrected chi connectivity index (χ4v) is 4.72. The second-order valence-electron chi connectivity index (χ2n) is 7.05. The van der Waals surface area contributed by atoms with Gasteiger partial charge in [-0.2, -0.15) is 0 Å². The molecule has 3 heteroatoms. The standard InChI is InChI=1S/C17H33N3/c1-2-18-16-9-5-3-4-6-10-17(16)20-13-12-19-11-7-8-15(19)14-20/h15-18H,2-14H2,1H3. The van der Waals surface area contributed by atoms with Gasteiger partial charge < -0.3 is 5.32 Å². The molecular formula is C17H33N3. The lowest BCUT2D eigenvalue weighted by atomic mass is 9.90. The lowest BCUT2D eigenvalue weighted by molar-refractivity contribution is 0.0482. The summed E-state index contributed by atoms with van der Waals surface area (Å²) in [4.78, 5) is 5.59. The van der Waals surface area contributed by atoms with E-state index in [2.05, 4.69) is 22.0 Å². The number of nitrogens with zero attached hydrogens (tertiary/aromatic N) is 2. The van der Waals surface area contributed by atoms with Crippen LogP contribution in [0.5, 0.6) is 0 Å². The van der Waals surface area contributed by atoms with Crippen molar-refractivity contribution in [1.82, 2.24) is 15.1 Å². The average molecular weight is 279 g/mol. The van der Waals surface area contributed by atoms with Gasteiger partial charge in [-0.1, -0.05) is 32.6 Å². The molecule has 20 heavy (non-hydrogen) atoms. The van der Waals surface area contributed by atoms with Gasteiger partial charge in [-0.3, -0.25) is 9.80 Å². The minimum atomic E-state index is 0.744. The van der Waals surface area contributed by atoms with Crippen LogP contribution in [-0.2, 0) is 0 Å². The molecule has 1 aliphatic carbocycles. The van der Waals surface area contributed by atoms with Gasteiger partial charge in [-0.15, -0.1) is 0 Å². The Labute approximate surface area is 125 Å². The van der Waals surface area contributed by atoms with E-state index < -0.39 is 0 Å². The minimum absolute atomic E-state index is 0.744. The van der Waals surface area contributed by atoms with E-state index in [0.29, 0.717) is 0 Å². The molecule has 1 N–H and O–H groups in total. The van der Waals surface area contributed by atoms with Gasteiger partial charge in [0, 0.05) is 37.8 Å². The fraction of sp³-hybridized carbons (Fsp3) is 1.00. The number of hydrogen-bond donors (Lipinski definition) is 1. The van der Waals surface area contributed by atoms with E-state index >= 15 is 0 Å². The Morgan fingerprint density at radius 2 is 1.65 bits per heavy atom. The van der Waals surface area contributed by atoms with Gasteiger partial charge in [-0.05, 0) is 38.8 Å². The van der Waals surface area contributed by atoms with Crippen molar-refractivity contribution in [1.29, 1.82) is 0 Å². The van der Waals surface area contributed by atoms with Crippen LogP contribution in [0.25, 0.3) is 0 Å². The van der Waals surface area contributed by atoms with Gasteiger partial charge in [0.1, 0.15) is 0 Å². The van der Waals surface area contributed by atoms with Crippen LogP contribution in [0.2, 0.25) is 0 Å². The predicted molar refractivity (Wildman–Crippen MR) is 85.1 cm³/mol. The molecule has 3 unspecified atom stereocenters. The highest BCUT2D eigenvalue weighted by atomic mass is 15.3. The maximum Gasteiger partial charge on any atom is 0.0250 e. The second kappa shape index (κ2) is 7.24. The molecule has 2 aliphatic heterocycles. The summed E-state index contributed by atoms with van der Waals surface area (Å²) in [5.74, 6) is 0. The molecule has 3 fully saturated rings. The molecular weight excluding hydrogens is 246 g/mol. The van der Waals surface area contributed by atoms with E-state index in [4.69, 9.17) is 0 Å². The molecule has 0 aromatic rings. The third-order valence-corrected chi connectivity index (χ3v) is 5.78. The van der Waals surface area contributed by atoms with Crippen molar-refractivity contribution in [2.45, 2.75) is 76.4 Å². The molecule has 0 amide bonds. The first-order valence-corrected chi connectivity index (χ1v) is 9.10. The third kappa shape index (κ3) is 3.37. The summed E-state index contributed by atoms with van der Waals surface area (Å²) in [6.45, 7) is 8.73. The van der Waals surface area contributed by atoms with E-state index in [0.717, 1.165) is 24.7 Å². The Hall–Kier alpha value is -0.120. The monoisotopic (exact) mass is 279 g/mol. The SMILES string of the molecule is CCNC1CCCCCCC1N1CCN2CCCC2C1. The van der Waals surface area contributed by atoms with E-state index in [1.165, 1.54) is 77.5 Å². The number of fused-ring (bicyclic) bond motifs is 1. The topological polar surface area (TPSA) is 18.5 Å². The molecule has 3 atom stereocenters. The molecule has 0 aromatic heterocycles. The van der Waals surface area contributed by atoms with Crippen LogP contribution in [0, 0.1) is 0 Å². The summed E-state index contributed by atoms with van der Waals surface area (Å²) in [6, 6.07) is 2.42. The second-order valence-corrected chi connectivity index (χ2v) is 7.05. The lowest BCUT2D eigenvalue weighted by Gasteiger charge is -2.45. The first kappa shape index (κ1) is 14.8. The van der Waals surface area contributed by atoms with Crippen LogP contribution in [0.4, 0.5) is 0 Å². The third-order valence-electron chi connectivity index (χ3n) is 5.78. The first-order chi connectivity index (χ1) is 9.88. The van der Waals surface area contributed by atoms with Crippen molar-refractivity contribution < 1.29 is 0 Å². The molecule has 0 bridgehead atoms. The van der Waals surface area contributed by atoms with Crippen LogP contribution in [0.3, 0.4) is 0 Å². The van der Waals surface area contributed by atoms with E-state index in [1.807, 2.05) is 0 Å². The number of hydrogen-bond acceptors (Lipinski definition) is 3. The highest BCUT2D eigenvalue weighted by Gasteiger charge is 2.35. The zero-order chi connectivity index (χ0) is 13.8. The highest BCUT2D eigenvalue weighted by molar-refractivity contribution is 4.93. The van der Waals surface area contributed by atoms with Crippen molar-refractivity contribution in [2.24, 2.45) is 0 Å². The summed E-state index contributed by atoms with van der Waals surface area (Å²) >= 11 is 0. The predicted octanol–water partition coefficient (Wildman–Crippen LogP) is 2.47. The minimum Gasteiger partial charge on any atom is -0.313 e. The average Bonchev–Trinajstić information content (AvgIpc) is 2.89.